The second-order valence-electron chi connectivity index (χ2n) is 4.44. The maximum atomic E-state index is 10.3. The van der Waals surface area contributed by atoms with Gasteiger partial charge in [-0.1, -0.05) is 13.0 Å². The van der Waals surface area contributed by atoms with Crippen molar-refractivity contribution in [3.63, 3.8) is 0 Å². The molecule has 0 aromatic carbocycles. The first-order chi connectivity index (χ1) is 6.06. The van der Waals surface area contributed by atoms with Crippen molar-refractivity contribution in [1.29, 1.82) is 0 Å². The Morgan fingerprint density at radius 2 is 2.15 bits per heavy atom. The van der Waals surface area contributed by atoms with E-state index in [1.807, 2.05) is 6.92 Å². The van der Waals surface area contributed by atoms with Crippen LogP contribution in [0.4, 0.5) is 0 Å². The number of aliphatic hydroxyl groups is 1. The van der Waals surface area contributed by atoms with E-state index in [9.17, 15) is 5.11 Å². The summed E-state index contributed by atoms with van der Waals surface area (Å²) in [6.07, 6.45) is 3.18. The van der Waals surface area contributed by atoms with Gasteiger partial charge in [0.2, 0.25) is 0 Å². The van der Waals surface area contributed by atoms with Crippen molar-refractivity contribution in [3.05, 3.63) is 22.4 Å². The molecule has 0 spiro atoms. The molecule has 0 bridgehead atoms. The van der Waals surface area contributed by atoms with Gasteiger partial charge in [0, 0.05) is 10.3 Å². The lowest BCUT2D eigenvalue weighted by Gasteiger charge is -2.36. The zero-order valence-electron chi connectivity index (χ0n) is 8.21. The summed E-state index contributed by atoms with van der Waals surface area (Å²) in [5.41, 5.74) is -0.529. The fraction of sp³-hybridized carbons (Fsp3) is 0.636. The van der Waals surface area contributed by atoms with Crippen molar-refractivity contribution < 1.29 is 5.11 Å². The van der Waals surface area contributed by atoms with Gasteiger partial charge in [-0.05, 0) is 37.6 Å². The molecule has 0 amide bonds. The van der Waals surface area contributed by atoms with Gasteiger partial charge in [-0.25, -0.2) is 0 Å². The van der Waals surface area contributed by atoms with Crippen LogP contribution in [0.1, 0.15) is 38.0 Å². The molecule has 1 aliphatic rings. The van der Waals surface area contributed by atoms with Crippen LogP contribution in [0.5, 0.6) is 0 Å². The molecule has 72 valence electrons. The van der Waals surface area contributed by atoms with E-state index in [4.69, 9.17) is 0 Å². The molecular formula is C11H16OS. The second-order valence-corrected chi connectivity index (χ2v) is 5.38. The van der Waals surface area contributed by atoms with Gasteiger partial charge >= 0.3 is 0 Å². The molecule has 0 aliphatic heterocycles. The summed E-state index contributed by atoms with van der Waals surface area (Å²) in [7, 11) is 0. The molecule has 0 radical (unpaired) electrons. The molecule has 1 nitrogen and oxygen atoms in total. The van der Waals surface area contributed by atoms with E-state index in [-0.39, 0.29) is 5.41 Å². The van der Waals surface area contributed by atoms with Crippen molar-refractivity contribution in [2.75, 3.05) is 0 Å². The van der Waals surface area contributed by atoms with Crippen molar-refractivity contribution in [3.8, 4) is 0 Å². The van der Waals surface area contributed by atoms with Crippen LogP contribution in [0, 0.1) is 0 Å². The largest absolute Gasteiger partial charge is 0.389 e. The topological polar surface area (TPSA) is 20.2 Å². The van der Waals surface area contributed by atoms with Crippen LogP contribution in [0.3, 0.4) is 0 Å². The molecule has 2 rings (SSSR count). The minimum absolute atomic E-state index is 0.0127. The van der Waals surface area contributed by atoms with Crippen LogP contribution in [0.2, 0.25) is 0 Å². The van der Waals surface area contributed by atoms with E-state index in [1.54, 1.807) is 11.3 Å². The first-order valence-electron chi connectivity index (χ1n) is 4.83. The van der Waals surface area contributed by atoms with Gasteiger partial charge in [-0.3, -0.25) is 0 Å². The molecule has 0 saturated heterocycles. The summed E-state index contributed by atoms with van der Waals surface area (Å²) in [5.74, 6) is 0. The zero-order valence-corrected chi connectivity index (χ0v) is 9.03. The van der Waals surface area contributed by atoms with E-state index >= 15 is 0 Å². The molecular weight excluding hydrogens is 180 g/mol. The first-order valence-corrected chi connectivity index (χ1v) is 5.71. The van der Waals surface area contributed by atoms with E-state index in [2.05, 4.69) is 24.4 Å². The SMILES string of the molecule is CC1(O)CCCC1(C)c1cccs1. The molecule has 13 heavy (non-hydrogen) atoms. The standard InChI is InChI=1S/C11H16OS/c1-10(9-5-3-8-13-9)6-4-7-11(10,2)12/h3,5,8,12H,4,6-7H2,1-2H3. The number of hydrogen-bond donors (Lipinski definition) is 1. The third kappa shape index (κ3) is 1.24. The Labute approximate surface area is 83.4 Å². The van der Waals surface area contributed by atoms with E-state index in [0.29, 0.717) is 0 Å². The highest BCUT2D eigenvalue weighted by molar-refractivity contribution is 7.10. The predicted molar refractivity (Wildman–Crippen MR) is 56.1 cm³/mol. The maximum absolute atomic E-state index is 10.3. The average Bonchev–Trinajstić information content (AvgIpc) is 2.61. The molecule has 1 N–H and O–H groups in total. The van der Waals surface area contributed by atoms with E-state index in [1.165, 1.54) is 4.88 Å². The van der Waals surface area contributed by atoms with Gasteiger partial charge < -0.3 is 5.11 Å². The molecule has 2 atom stereocenters. The Morgan fingerprint density at radius 3 is 2.62 bits per heavy atom. The lowest BCUT2D eigenvalue weighted by atomic mass is 9.76. The smallest absolute Gasteiger partial charge is 0.0721 e. The molecule has 1 aromatic rings. The summed E-state index contributed by atoms with van der Waals surface area (Å²) in [4.78, 5) is 1.33. The molecule has 1 fully saturated rings. The highest BCUT2D eigenvalue weighted by Crippen LogP contribution is 2.49. The molecule has 2 heteroatoms. The molecule has 2 unspecified atom stereocenters. The average molecular weight is 196 g/mol. The van der Waals surface area contributed by atoms with Gasteiger partial charge in [0.05, 0.1) is 5.60 Å². The molecule has 1 heterocycles. The number of rotatable bonds is 1. The zero-order chi connectivity index (χ0) is 9.53. The Bertz CT molecular complexity index is 289. The van der Waals surface area contributed by atoms with Gasteiger partial charge in [0.15, 0.2) is 0 Å². The quantitative estimate of drug-likeness (QED) is 0.732. The Balaban J connectivity index is 2.40. The summed E-state index contributed by atoms with van der Waals surface area (Å²) in [6.45, 7) is 4.16. The normalized spacial score (nSPS) is 39.6. The molecule has 1 aromatic heterocycles. The van der Waals surface area contributed by atoms with Crippen LogP contribution in [0.15, 0.2) is 17.5 Å². The number of hydrogen-bond acceptors (Lipinski definition) is 2. The Morgan fingerprint density at radius 1 is 1.38 bits per heavy atom. The van der Waals surface area contributed by atoms with Crippen molar-refractivity contribution >= 4 is 11.3 Å². The van der Waals surface area contributed by atoms with Crippen molar-refractivity contribution in [2.45, 2.75) is 44.1 Å². The fourth-order valence-corrected chi connectivity index (χ4v) is 3.36. The lowest BCUT2D eigenvalue weighted by molar-refractivity contribution is 0.00840. The van der Waals surface area contributed by atoms with Crippen molar-refractivity contribution in [1.82, 2.24) is 0 Å². The Hall–Kier alpha value is -0.340. The van der Waals surface area contributed by atoms with Gasteiger partial charge in [-0.15, -0.1) is 11.3 Å². The first kappa shape index (κ1) is 9.22. The second kappa shape index (κ2) is 2.82. The minimum Gasteiger partial charge on any atom is -0.389 e. The van der Waals surface area contributed by atoms with Gasteiger partial charge in [0.25, 0.3) is 0 Å². The summed E-state index contributed by atoms with van der Waals surface area (Å²) >= 11 is 1.76. The van der Waals surface area contributed by atoms with Crippen LogP contribution in [-0.2, 0) is 5.41 Å². The van der Waals surface area contributed by atoms with Gasteiger partial charge in [-0.2, -0.15) is 0 Å². The van der Waals surface area contributed by atoms with Gasteiger partial charge in [0.1, 0.15) is 0 Å². The lowest BCUT2D eigenvalue weighted by Crippen LogP contribution is -2.41. The van der Waals surface area contributed by atoms with Crippen LogP contribution < -0.4 is 0 Å². The maximum Gasteiger partial charge on any atom is 0.0721 e. The monoisotopic (exact) mass is 196 g/mol. The molecule has 1 aliphatic carbocycles. The third-order valence-electron chi connectivity index (χ3n) is 3.59. The van der Waals surface area contributed by atoms with Crippen LogP contribution in [0.25, 0.3) is 0 Å². The van der Waals surface area contributed by atoms with Crippen LogP contribution >= 0.6 is 11.3 Å². The minimum atomic E-state index is -0.516. The summed E-state index contributed by atoms with van der Waals surface area (Å²) < 4.78 is 0. The van der Waals surface area contributed by atoms with Crippen molar-refractivity contribution in [2.24, 2.45) is 0 Å². The number of thiophene rings is 1. The Kier molecular flexibility index (Phi) is 2.00. The van der Waals surface area contributed by atoms with E-state index < -0.39 is 5.60 Å². The predicted octanol–water partition coefficient (Wildman–Crippen LogP) is 2.94. The fourth-order valence-electron chi connectivity index (χ4n) is 2.31. The molecule has 1 saturated carbocycles. The highest BCUT2D eigenvalue weighted by atomic mass is 32.1. The summed E-state index contributed by atoms with van der Waals surface area (Å²) in [5, 5.41) is 12.4. The third-order valence-corrected chi connectivity index (χ3v) is 4.73. The van der Waals surface area contributed by atoms with E-state index in [0.717, 1.165) is 19.3 Å². The summed E-state index contributed by atoms with van der Waals surface area (Å²) in [6, 6.07) is 4.21. The highest BCUT2D eigenvalue weighted by Gasteiger charge is 2.48. The van der Waals surface area contributed by atoms with Crippen LogP contribution in [-0.4, -0.2) is 10.7 Å².